The van der Waals surface area contributed by atoms with Crippen LogP contribution in [0.4, 0.5) is 8.78 Å². The molecule has 0 amide bonds. The van der Waals surface area contributed by atoms with Crippen LogP contribution in [0.1, 0.15) is 19.9 Å². The molecule has 0 radical (unpaired) electrons. The van der Waals surface area contributed by atoms with Crippen molar-refractivity contribution >= 4 is 5.52 Å². The van der Waals surface area contributed by atoms with E-state index in [0.717, 1.165) is 12.1 Å². The molecule has 0 atom stereocenters. The van der Waals surface area contributed by atoms with Crippen molar-refractivity contribution in [1.82, 2.24) is 24.4 Å². The third-order valence-electron chi connectivity index (χ3n) is 4.20. The Labute approximate surface area is 152 Å². The molecule has 0 fully saturated rings. The van der Waals surface area contributed by atoms with Gasteiger partial charge in [0.15, 0.2) is 11.6 Å². The van der Waals surface area contributed by atoms with Gasteiger partial charge in [-0.25, -0.2) is 18.0 Å². The third kappa shape index (κ3) is 2.88. The van der Waals surface area contributed by atoms with E-state index in [2.05, 4.69) is 15.2 Å². The van der Waals surface area contributed by atoms with E-state index >= 15 is 0 Å². The van der Waals surface area contributed by atoms with Gasteiger partial charge in [0, 0.05) is 24.0 Å². The second kappa shape index (κ2) is 6.39. The SMILES string of the molecule is CC(C)n1nc(-c2c(-c3ccc(F)c(F)c3)nn3ccncc23)ccc1=O. The van der Waals surface area contributed by atoms with Gasteiger partial charge in [0.25, 0.3) is 5.56 Å². The lowest BCUT2D eigenvalue weighted by Gasteiger charge is -2.10. The summed E-state index contributed by atoms with van der Waals surface area (Å²) < 4.78 is 30.1. The minimum absolute atomic E-state index is 0.135. The summed E-state index contributed by atoms with van der Waals surface area (Å²) in [5.41, 5.74) is 2.31. The van der Waals surface area contributed by atoms with Gasteiger partial charge in [-0.15, -0.1) is 0 Å². The molecule has 0 aliphatic rings. The van der Waals surface area contributed by atoms with Gasteiger partial charge in [-0.05, 0) is 38.1 Å². The Morgan fingerprint density at radius 2 is 1.85 bits per heavy atom. The van der Waals surface area contributed by atoms with Gasteiger partial charge in [0.2, 0.25) is 0 Å². The maximum absolute atomic E-state index is 13.8. The Hall–Kier alpha value is -3.42. The van der Waals surface area contributed by atoms with Crippen molar-refractivity contribution in [2.45, 2.75) is 19.9 Å². The Morgan fingerprint density at radius 3 is 2.59 bits per heavy atom. The smallest absolute Gasteiger partial charge is 0.267 e. The quantitative estimate of drug-likeness (QED) is 0.556. The highest BCUT2D eigenvalue weighted by molar-refractivity contribution is 5.90. The molecule has 0 aliphatic heterocycles. The largest absolute Gasteiger partial charge is 0.268 e. The van der Waals surface area contributed by atoms with Crippen molar-refractivity contribution in [2.75, 3.05) is 0 Å². The molecule has 0 N–H and O–H groups in total. The lowest BCUT2D eigenvalue weighted by molar-refractivity contribution is 0.505. The first-order chi connectivity index (χ1) is 13.0. The molecule has 3 heterocycles. The highest BCUT2D eigenvalue weighted by Crippen LogP contribution is 2.34. The molecule has 0 bridgehead atoms. The van der Waals surface area contributed by atoms with E-state index in [1.54, 1.807) is 29.2 Å². The molecule has 6 nitrogen and oxygen atoms in total. The number of nitrogens with zero attached hydrogens (tertiary/aromatic N) is 5. The Kier molecular flexibility index (Phi) is 4.02. The number of fused-ring (bicyclic) bond motifs is 1. The van der Waals surface area contributed by atoms with Gasteiger partial charge in [-0.3, -0.25) is 9.78 Å². The van der Waals surface area contributed by atoms with Crippen LogP contribution in [-0.4, -0.2) is 24.4 Å². The first-order valence-electron chi connectivity index (χ1n) is 8.33. The summed E-state index contributed by atoms with van der Waals surface area (Å²) in [7, 11) is 0. The zero-order valence-electron chi connectivity index (χ0n) is 14.6. The van der Waals surface area contributed by atoms with Crippen LogP contribution in [0, 0.1) is 11.6 Å². The lowest BCUT2D eigenvalue weighted by Crippen LogP contribution is -2.23. The maximum Gasteiger partial charge on any atom is 0.267 e. The number of halogens is 2. The van der Waals surface area contributed by atoms with E-state index in [-0.39, 0.29) is 11.6 Å². The molecular weight excluding hydrogens is 352 g/mol. The van der Waals surface area contributed by atoms with Gasteiger partial charge in [0.05, 0.1) is 29.0 Å². The van der Waals surface area contributed by atoms with Crippen LogP contribution in [0.2, 0.25) is 0 Å². The monoisotopic (exact) mass is 367 g/mol. The molecule has 0 unspecified atom stereocenters. The number of benzene rings is 1. The molecule has 1 aromatic carbocycles. The van der Waals surface area contributed by atoms with Crippen molar-refractivity contribution in [1.29, 1.82) is 0 Å². The number of aromatic nitrogens is 5. The molecule has 4 rings (SSSR count). The van der Waals surface area contributed by atoms with Crippen molar-refractivity contribution in [3.8, 4) is 22.5 Å². The highest BCUT2D eigenvalue weighted by atomic mass is 19.2. The van der Waals surface area contributed by atoms with Crippen LogP contribution in [0.3, 0.4) is 0 Å². The normalized spacial score (nSPS) is 11.4. The molecule has 0 spiro atoms. The first-order valence-corrected chi connectivity index (χ1v) is 8.33. The minimum Gasteiger partial charge on any atom is -0.268 e. The van der Waals surface area contributed by atoms with Gasteiger partial charge in [-0.1, -0.05) is 0 Å². The molecule has 0 saturated carbocycles. The van der Waals surface area contributed by atoms with E-state index in [1.165, 1.54) is 16.8 Å². The Morgan fingerprint density at radius 1 is 1.04 bits per heavy atom. The van der Waals surface area contributed by atoms with E-state index in [9.17, 15) is 13.6 Å². The summed E-state index contributed by atoms with van der Waals surface area (Å²) in [4.78, 5) is 16.2. The van der Waals surface area contributed by atoms with Gasteiger partial charge in [0.1, 0.15) is 5.69 Å². The van der Waals surface area contributed by atoms with Crippen LogP contribution in [-0.2, 0) is 0 Å². The fourth-order valence-corrected chi connectivity index (χ4v) is 2.93. The summed E-state index contributed by atoms with van der Waals surface area (Å²) in [5.74, 6) is -1.90. The fraction of sp³-hybridized carbons (Fsp3) is 0.158. The van der Waals surface area contributed by atoms with Crippen LogP contribution in [0.25, 0.3) is 28.0 Å². The molecule has 136 valence electrons. The van der Waals surface area contributed by atoms with Crippen molar-refractivity contribution in [2.24, 2.45) is 0 Å². The topological polar surface area (TPSA) is 65.1 Å². The second-order valence-electron chi connectivity index (χ2n) is 6.35. The summed E-state index contributed by atoms with van der Waals surface area (Å²) in [6.45, 7) is 3.71. The summed E-state index contributed by atoms with van der Waals surface area (Å²) in [6, 6.07) is 6.48. The standard InChI is InChI=1S/C19H15F2N5O/c1-11(2)26-17(27)6-5-15(23-26)18-16-10-22-7-8-25(16)24-19(18)12-3-4-13(20)14(21)9-12/h3-11H,1-2H3. The first kappa shape index (κ1) is 17.0. The van der Waals surface area contributed by atoms with E-state index in [4.69, 9.17) is 0 Å². The predicted octanol–water partition coefficient (Wildman–Crippen LogP) is 3.48. The fourth-order valence-electron chi connectivity index (χ4n) is 2.93. The molecule has 0 aliphatic carbocycles. The molecule has 27 heavy (non-hydrogen) atoms. The van der Waals surface area contributed by atoms with Crippen molar-refractivity contribution in [3.63, 3.8) is 0 Å². The molecule has 0 saturated heterocycles. The summed E-state index contributed by atoms with van der Waals surface area (Å²) in [6.07, 6.45) is 4.83. The van der Waals surface area contributed by atoms with Crippen LogP contribution < -0.4 is 5.56 Å². The summed E-state index contributed by atoms with van der Waals surface area (Å²) in [5, 5.41) is 8.93. The van der Waals surface area contributed by atoms with E-state index in [0.29, 0.717) is 28.0 Å². The minimum atomic E-state index is -0.964. The average molecular weight is 367 g/mol. The average Bonchev–Trinajstić information content (AvgIpc) is 3.04. The van der Waals surface area contributed by atoms with Crippen molar-refractivity contribution in [3.05, 3.63) is 70.9 Å². The van der Waals surface area contributed by atoms with Crippen LogP contribution >= 0.6 is 0 Å². The Balaban J connectivity index is 2.03. The van der Waals surface area contributed by atoms with Gasteiger partial charge >= 0.3 is 0 Å². The van der Waals surface area contributed by atoms with Crippen molar-refractivity contribution < 1.29 is 8.78 Å². The van der Waals surface area contributed by atoms with Crippen LogP contribution in [0.15, 0.2) is 53.7 Å². The third-order valence-corrected chi connectivity index (χ3v) is 4.20. The maximum atomic E-state index is 13.8. The number of hydrogen-bond donors (Lipinski definition) is 0. The number of rotatable bonds is 3. The second-order valence-corrected chi connectivity index (χ2v) is 6.35. The zero-order valence-corrected chi connectivity index (χ0v) is 14.6. The Bertz CT molecular complexity index is 1210. The molecule has 8 heteroatoms. The zero-order chi connectivity index (χ0) is 19.1. The predicted molar refractivity (Wildman–Crippen MR) is 96.2 cm³/mol. The highest BCUT2D eigenvalue weighted by Gasteiger charge is 2.20. The van der Waals surface area contributed by atoms with E-state index < -0.39 is 11.6 Å². The van der Waals surface area contributed by atoms with E-state index in [1.807, 2.05) is 13.8 Å². The molecular formula is C19H15F2N5O. The summed E-state index contributed by atoms with van der Waals surface area (Å²) >= 11 is 0. The van der Waals surface area contributed by atoms with Gasteiger partial charge < -0.3 is 0 Å². The van der Waals surface area contributed by atoms with Crippen LogP contribution in [0.5, 0.6) is 0 Å². The lowest BCUT2D eigenvalue weighted by atomic mass is 10.0. The van der Waals surface area contributed by atoms with Gasteiger partial charge in [-0.2, -0.15) is 10.2 Å². The number of hydrogen-bond acceptors (Lipinski definition) is 4. The molecule has 3 aromatic heterocycles. The molecule has 4 aromatic rings.